The van der Waals surface area contributed by atoms with Crippen LogP contribution in [-0.4, -0.2) is 12.6 Å². The summed E-state index contributed by atoms with van der Waals surface area (Å²) in [6.45, 7) is 2.90. The second-order valence-corrected chi connectivity index (χ2v) is 5.80. The lowest BCUT2D eigenvalue weighted by atomic mass is 10.1. The highest BCUT2D eigenvalue weighted by Gasteiger charge is 2.28. The van der Waals surface area contributed by atoms with Crippen molar-refractivity contribution in [3.05, 3.63) is 58.6 Å². The van der Waals surface area contributed by atoms with Crippen LogP contribution in [0.2, 0.25) is 5.02 Å². The van der Waals surface area contributed by atoms with Crippen molar-refractivity contribution in [3.8, 4) is 0 Å². The Balaban J connectivity index is 2.09. The molecule has 1 aliphatic heterocycles. The molecule has 1 heterocycles. The van der Waals surface area contributed by atoms with E-state index in [1.54, 1.807) is 0 Å². The summed E-state index contributed by atoms with van der Waals surface area (Å²) in [5.41, 5.74) is 10.9. The van der Waals surface area contributed by atoms with E-state index in [1.165, 1.54) is 22.5 Å². The van der Waals surface area contributed by atoms with E-state index in [-0.39, 0.29) is 0 Å². The Morgan fingerprint density at radius 3 is 2.80 bits per heavy atom. The minimum absolute atomic E-state index is 0.463. The molecule has 1 aliphatic rings. The molecule has 20 heavy (non-hydrogen) atoms. The number of anilines is 2. The Morgan fingerprint density at radius 1 is 1.20 bits per heavy atom. The molecule has 3 heteroatoms. The predicted octanol–water partition coefficient (Wildman–Crippen LogP) is 3.92. The molecule has 2 nitrogen and oxygen atoms in total. The number of nitrogens with zero attached hydrogens (tertiary/aromatic N) is 1. The number of hydrogen-bond acceptors (Lipinski definition) is 2. The van der Waals surface area contributed by atoms with Crippen LogP contribution in [-0.2, 0) is 12.8 Å². The van der Waals surface area contributed by atoms with E-state index in [0.29, 0.717) is 12.6 Å². The topological polar surface area (TPSA) is 29.3 Å². The smallest absolute Gasteiger partial charge is 0.0447 e. The van der Waals surface area contributed by atoms with Gasteiger partial charge in [0.2, 0.25) is 0 Å². The Bertz CT molecular complexity index is 624. The average molecular weight is 287 g/mol. The second-order valence-electron chi connectivity index (χ2n) is 5.36. The second kappa shape index (κ2) is 5.47. The third-order valence-corrected chi connectivity index (χ3v) is 4.16. The summed E-state index contributed by atoms with van der Waals surface area (Å²) in [4.78, 5) is 2.41. The first kappa shape index (κ1) is 13.5. The van der Waals surface area contributed by atoms with Gasteiger partial charge in [-0.05, 0) is 61.7 Å². The first-order chi connectivity index (χ1) is 9.70. The highest BCUT2D eigenvalue weighted by atomic mass is 35.5. The summed E-state index contributed by atoms with van der Waals surface area (Å²) >= 11 is 6.14. The van der Waals surface area contributed by atoms with Gasteiger partial charge in [-0.15, -0.1) is 0 Å². The van der Waals surface area contributed by atoms with E-state index in [2.05, 4.69) is 42.2 Å². The third-order valence-electron chi connectivity index (χ3n) is 3.92. The first-order valence-electron chi connectivity index (χ1n) is 7.06. The molecule has 0 saturated heterocycles. The molecule has 0 radical (unpaired) electrons. The van der Waals surface area contributed by atoms with Gasteiger partial charge in [-0.3, -0.25) is 0 Å². The molecule has 0 amide bonds. The van der Waals surface area contributed by atoms with Gasteiger partial charge in [-0.25, -0.2) is 0 Å². The van der Waals surface area contributed by atoms with Crippen LogP contribution in [0.3, 0.4) is 0 Å². The summed E-state index contributed by atoms with van der Waals surface area (Å²) in [5, 5.41) is 0.775. The molecule has 1 atom stereocenters. The molecule has 1 unspecified atom stereocenters. The number of rotatable bonds is 3. The van der Waals surface area contributed by atoms with Crippen molar-refractivity contribution in [2.24, 2.45) is 5.73 Å². The summed E-state index contributed by atoms with van der Waals surface area (Å²) in [6.07, 6.45) is 1.93. The molecule has 2 aromatic rings. The van der Waals surface area contributed by atoms with Crippen molar-refractivity contribution in [3.63, 3.8) is 0 Å². The van der Waals surface area contributed by atoms with E-state index < -0.39 is 0 Å². The number of halogens is 1. The Labute approximate surface area is 125 Å². The van der Waals surface area contributed by atoms with Crippen molar-refractivity contribution in [1.82, 2.24) is 0 Å². The zero-order valence-electron chi connectivity index (χ0n) is 11.6. The normalized spacial score (nSPS) is 17.4. The number of fused-ring (bicyclic) bond motifs is 1. The standard InChI is InChI=1S/C17H19ClN2/c1-12-10-13-4-2-3-5-16(13)20(12)17-7-6-15(18)11-14(17)8-9-19/h2-7,11-12H,8-10,19H2,1H3. The molecule has 0 spiro atoms. The minimum atomic E-state index is 0.463. The molecule has 2 aromatic carbocycles. The molecule has 3 rings (SSSR count). The molecule has 0 bridgehead atoms. The molecule has 0 fully saturated rings. The molecule has 0 aromatic heterocycles. The summed E-state index contributed by atoms with van der Waals surface area (Å²) in [6, 6.07) is 15.2. The zero-order chi connectivity index (χ0) is 14.1. The van der Waals surface area contributed by atoms with Gasteiger partial charge in [0, 0.05) is 22.4 Å². The molecular weight excluding hydrogens is 268 g/mol. The van der Waals surface area contributed by atoms with Gasteiger partial charge in [0.15, 0.2) is 0 Å². The van der Waals surface area contributed by atoms with Crippen LogP contribution in [0.5, 0.6) is 0 Å². The fraction of sp³-hybridized carbons (Fsp3) is 0.294. The lowest BCUT2D eigenvalue weighted by Crippen LogP contribution is -2.25. The van der Waals surface area contributed by atoms with E-state index in [0.717, 1.165) is 17.9 Å². The third kappa shape index (κ3) is 2.30. The fourth-order valence-corrected chi connectivity index (χ4v) is 3.27. The Kier molecular flexibility index (Phi) is 3.68. The SMILES string of the molecule is CC1Cc2ccccc2N1c1ccc(Cl)cc1CCN. The maximum Gasteiger partial charge on any atom is 0.0447 e. The van der Waals surface area contributed by atoms with Gasteiger partial charge in [0.1, 0.15) is 0 Å². The van der Waals surface area contributed by atoms with Crippen molar-refractivity contribution < 1.29 is 0 Å². The average Bonchev–Trinajstić information content (AvgIpc) is 2.76. The predicted molar refractivity (Wildman–Crippen MR) is 86.0 cm³/mol. The van der Waals surface area contributed by atoms with Gasteiger partial charge in [0.05, 0.1) is 0 Å². The molecule has 2 N–H and O–H groups in total. The van der Waals surface area contributed by atoms with Crippen LogP contribution < -0.4 is 10.6 Å². The van der Waals surface area contributed by atoms with E-state index in [9.17, 15) is 0 Å². The van der Waals surface area contributed by atoms with Gasteiger partial charge in [0.25, 0.3) is 0 Å². The highest BCUT2D eigenvalue weighted by Crippen LogP contribution is 2.40. The summed E-state index contributed by atoms with van der Waals surface area (Å²) in [5.74, 6) is 0. The Hall–Kier alpha value is -1.51. The van der Waals surface area contributed by atoms with Gasteiger partial charge < -0.3 is 10.6 Å². The van der Waals surface area contributed by atoms with Gasteiger partial charge >= 0.3 is 0 Å². The van der Waals surface area contributed by atoms with Crippen LogP contribution in [0.15, 0.2) is 42.5 Å². The van der Waals surface area contributed by atoms with Crippen LogP contribution in [0.1, 0.15) is 18.1 Å². The monoisotopic (exact) mass is 286 g/mol. The molecular formula is C17H19ClN2. The van der Waals surface area contributed by atoms with E-state index in [4.69, 9.17) is 17.3 Å². The lowest BCUT2D eigenvalue weighted by Gasteiger charge is -2.27. The highest BCUT2D eigenvalue weighted by molar-refractivity contribution is 6.30. The van der Waals surface area contributed by atoms with Crippen LogP contribution in [0.4, 0.5) is 11.4 Å². The largest absolute Gasteiger partial charge is 0.338 e. The van der Waals surface area contributed by atoms with Crippen LogP contribution >= 0.6 is 11.6 Å². The summed E-state index contributed by atoms with van der Waals surface area (Å²) < 4.78 is 0. The number of benzene rings is 2. The molecule has 104 valence electrons. The number of nitrogens with two attached hydrogens (primary N) is 1. The zero-order valence-corrected chi connectivity index (χ0v) is 12.4. The van der Waals surface area contributed by atoms with Crippen LogP contribution in [0.25, 0.3) is 0 Å². The van der Waals surface area contributed by atoms with E-state index in [1.807, 2.05) is 12.1 Å². The number of hydrogen-bond donors (Lipinski definition) is 1. The van der Waals surface area contributed by atoms with Crippen molar-refractivity contribution in [2.45, 2.75) is 25.8 Å². The lowest BCUT2D eigenvalue weighted by molar-refractivity contribution is 0.754. The maximum absolute atomic E-state index is 6.14. The van der Waals surface area contributed by atoms with Gasteiger partial charge in [-0.2, -0.15) is 0 Å². The molecule has 0 aliphatic carbocycles. The molecule has 0 saturated carbocycles. The number of para-hydroxylation sites is 1. The van der Waals surface area contributed by atoms with Crippen molar-refractivity contribution in [2.75, 3.05) is 11.4 Å². The van der Waals surface area contributed by atoms with E-state index >= 15 is 0 Å². The first-order valence-corrected chi connectivity index (χ1v) is 7.44. The maximum atomic E-state index is 6.14. The quantitative estimate of drug-likeness (QED) is 0.926. The van der Waals surface area contributed by atoms with Crippen molar-refractivity contribution >= 4 is 23.0 Å². The van der Waals surface area contributed by atoms with Crippen molar-refractivity contribution in [1.29, 1.82) is 0 Å². The fourth-order valence-electron chi connectivity index (χ4n) is 3.08. The minimum Gasteiger partial charge on any atom is -0.338 e. The van der Waals surface area contributed by atoms with Gasteiger partial charge in [-0.1, -0.05) is 29.8 Å². The van der Waals surface area contributed by atoms with Crippen LogP contribution in [0, 0.1) is 0 Å². The summed E-state index contributed by atoms with van der Waals surface area (Å²) in [7, 11) is 0. The Morgan fingerprint density at radius 2 is 2.00 bits per heavy atom.